The molecule has 18 heavy (non-hydrogen) atoms. The lowest BCUT2D eigenvalue weighted by molar-refractivity contribution is -0.112. The molecule has 0 aromatic rings. The highest BCUT2D eigenvalue weighted by Crippen LogP contribution is 2.28. The first-order valence-corrected chi connectivity index (χ1v) is 6.03. The lowest BCUT2D eigenvalue weighted by atomic mass is 9.90. The first-order chi connectivity index (χ1) is 8.40. The fourth-order valence-electron chi connectivity index (χ4n) is 2.01. The van der Waals surface area contributed by atoms with E-state index >= 15 is 0 Å². The van der Waals surface area contributed by atoms with Gasteiger partial charge in [-0.15, -0.1) is 0 Å². The van der Waals surface area contributed by atoms with Crippen molar-refractivity contribution in [2.45, 2.75) is 20.8 Å². The molecule has 2 aliphatic carbocycles. The van der Waals surface area contributed by atoms with E-state index in [0.717, 1.165) is 11.1 Å². The molecule has 0 aliphatic heterocycles. The van der Waals surface area contributed by atoms with Gasteiger partial charge in [0.15, 0.2) is 11.6 Å². The molecule has 0 aromatic heterocycles. The van der Waals surface area contributed by atoms with Crippen LogP contribution >= 0.6 is 11.6 Å². The average molecular weight is 261 g/mol. The molecule has 2 aliphatic rings. The second-order valence-electron chi connectivity index (χ2n) is 4.54. The number of hydrogen-bond acceptors (Lipinski definition) is 2. The van der Waals surface area contributed by atoms with Gasteiger partial charge in [-0.25, -0.2) is 0 Å². The quantitative estimate of drug-likeness (QED) is 0.669. The summed E-state index contributed by atoms with van der Waals surface area (Å²) in [6.07, 6.45) is 7.10. The van der Waals surface area contributed by atoms with E-state index in [-0.39, 0.29) is 16.6 Å². The number of halogens is 1. The lowest BCUT2D eigenvalue weighted by Crippen LogP contribution is -2.09. The minimum Gasteiger partial charge on any atom is -0.289 e. The normalized spacial score (nSPS) is 20.4. The fraction of sp³-hybridized carbons (Fsp3) is 0.200. The number of allylic oxidation sites excluding steroid dienone is 10. The predicted octanol–water partition coefficient (Wildman–Crippen LogP) is 3.41. The van der Waals surface area contributed by atoms with Crippen molar-refractivity contribution in [3.8, 4) is 0 Å². The summed E-state index contributed by atoms with van der Waals surface area (Å²) in [7, 11) is 0. The highest BCUT2D eigenvalue weighted by Gasteiger charge is 2.19. The molecule has 92 valence electrons. The zero-order chi connectivity index (χ0) is 13.4. The van der Waals surface area contributed by atoms with Gasteiger partial charge in [0.1, 0.15) is 0 Å². The van der Waals surface area contributed by atoms with Crippen LogP contribution in [-0.4, -0.2) is 11.6 Å². The molecule has 0 unspecified atom stereocenters. The highest BCUT2D eigenvalue weighted by molar-refractivity contribution is 6.45. The highest BCUT2D eigenvalue weighted by atomic mass is 35.5. The van der Waals surface area contributed by atoms with Crippen LogP contribution in [0.5, 0.6) is 0 Å². The van der Waals surface area contributed by atoms with Crippen molar-refractivity contribution in [2.24, 2.45) is 0 Å². The zero-order valence-corrected chi connectivity index (χ0v) is 11.3. The van der Waals surface area contributed by atoms with Crippen molar-refractivity contribution >= 4 is 23.2 Å². The van der Waals surface area contributed by atoms with Gasteiger partial charge in [-0.3, -0.25) is 9.59 Å². The molecule has 2 nitrogen and oxygen atoms in total. The SMILES string of the molecule is CC1=CC(=C2C=C(C)C(=O)C(Cl)=C2)C=C(C)C1=O. The fourth-order valence-corrected chi connectivity index (χ4v) is 2.28. The standard InChI is InChI=1S/C15H13ClO2/c1-8-4-11(5-9(2)14(8)17)12-6-10(3)15(18)13(16)7-12/h4-7H,1-3H3. The Bertz CT molecular complexity index is 508. The van der Waals surface area contributed by atoms with Crippen LogP contribution in [0.2, 0.25) is 0 Å². The van der Waals surface area contributed by atoms with Crippen molar-refractivity contribution in [1.29, 1.82) is 0 Å². The summed E-state index contributed by atoms with van der Waals surface area (Å²) in [6.45, 7) is 5.31. The van der Waals surface area contributed by atoms with Crippen molar-refractivity contribution < 1.29 is 9.59 Å². The number of carbonyl (C=O) groups excluding carboxylic acids is 2. The molecule has 0 heterocycles. The summed E-state index contributed by atoms with van der Waals surface area (Å²) in [5.41, 5.74) is 3.78. The van der Waals surface area contributed by atoms with Crippen molar-refractivity contribution in [3.05, 3.63) is 57.2 Å². The molecule has 0 radical (unpaired) electrons. The van der Waals surface area contributed by atoms with Crippen LogP contribution in [0.25, 0.3) is 0 Å². The van der Waals surface area contributed by atoms with Crippen LogP contribution in [0.4, 0.5) is 0 Å². The van der Waals surface area contributed by atoms with Crippen LogP contribution in [0.15, 0.2) is 57.2 Å². The summed E-state index contributed by atoms with van der Waals surface area (Å²) in [5, 5.41) is 0.214. The molecule has 0 aromatic carbocycles. The molecule has 3 heteroatoms. The van der Waals surface area contributed by atoms with Gasteiger partial charge in [-0.1, -0.05) is 11.6 Å². The van der Waals surface area contributed by atoms with Crippen LogP contribution in [0.1, 0.15) is 20.8 Å². The van der Waals surface area contributed by atoms with Crippen LogP contribution in [0, 0.1) is 0 Å². The monoisotopic (exact) mass is 260 g/mol. The van der Waals surface area contributed by atoms with E-state index in [1.165, 1.54) is 0 Å². The summed E-state index contributed by atoms with van der Waals surface area (Å²) in [5.74, 6) is -0.0867. The van der Waals surface area contributed by atoms with E-state index in [0.29, 0.717) is 16.7 Å². The molecular weight excluding hydrogens is 248 g/mol. The molecule has 0 N–H and O–H groups in total. The van der Waals surface area contributed by atoms with Gasteiger partial charge < -0.3 is 0 Å². The molecule has 0 spiro atoms. The van der Waals surface area contributed by atoms with Gasteiger partial charge in [0.2, 0.25) is 0 Å². The van der Waals surface area contributed by atoms with E-state index < -0.39 is 0 Å². The van der Waals surface area contributed by atoms with E-state index in [4.69, 9.17) is 11.6 Å². The van der Waals surface area contributed by atoms with E-state index in [1.807, 2.05) is 12.2 Å². The van der Waals surface area contributed by atoms with Crippen LogP contribution < -0.4 is 0 Å². The number of ketones is 2. The summed E-state index contributed by atoms with van der Waals surface area (Å²) < 4.78 is 0. The molecule has 2 rings (SSSR count). The van der Waals surface area contributed by atoms with Gasteiger partial charge in [0, 0.05) is 0 Å². The van der Waals surface area contributed by atoms with Gasteiger partial charge >= 0.3 is 0 Å². The average Bonchev–Trinajstić information content (AvgIpc) is 2.31. The van der Waals surface area contributed by atoms with E-state index in [9.17, 15) is 9.59 Å². The second kappa shape index (κ2) is 4.54. The maximum atomic E-state index is 11.7. The Hall–Kier alpha value is -1.67. The van der Waals surface area contributed by atoms with Gasteiger partial charge in [0.05, 0.1) is 5.03 Å². The molecule has 0 saturated carbocycles. The maximum absolute atomic E-state index is 11.7. The first kappa shape index (κ1) is 12.8. The Labute approximate surface area is 111 Å². The minimum absolute atomic E-state index is 0.0574. The van der Waals surface area contributed by atoms with Crippen molar-refractivity contribution in [2.75, 3.05) is 0 Å². The first-order valence-electron chi connectivity index (χ1n) is 5.66. The van der Waals surface area contributed by atoms with E-state index in [1.54, 1.807) is 32.9 Å². The third-order valence-corrected chi connectivity index (χ3v) is 3.30. The van der Waals surface area contributed by atoms with Crippen LogP contribution in [-0.2, 0) is 9.59 Å². The molecule has 0 atom stereocenters. The number of carbonyl (C=O) groups is 2. The largest absolute Gasteiger partial charge is 0.289 e. The number of Topliss-reactive ketones (excluding diaryl/α,β-unsaturated/α-hetero) is 2. The van der Waals surface area contributed by atoms with E-state index in [2.05, 4.69) is 0 Å². The summed E-state index contributed by atoms with van der Waals surface area (Å²) >= 11 is 5.91. The molecule has 0 saturated heterocycles. The van der Waals surface area contributed by atoms with Gasteiger partial charge in [0.25, 0.3) is 0 Å². The third-order valence-electron chi connectivity index (χ3n) is 3.02. The third kappa shape index (κ3) is 2.16. The van der Waals surface area contributed by atoms with Crippen molar-refractivity contribution in [1.82, 2.24) is 0 Å². The predicted molar refractivity (Wildman–Crippen MR) is 72.2 cm³/mol. The van der Waals surface area contributed by atoms with Crippen molar-refractivity contribution in [3.63, 3.8) is 0 Å². The Balaban J connectivity index is 2.58. The van der Waals surface area contributed by atoms with Crippen LogP contribution in [0.3, 0.4) is 0 Å². The summed E-state index contributed by atoms with van der Waals surface area (Å²) in [4.78, 5) is 23.2. The lowest BCUT2D eigenvalue weighted by Gasteiger charge is -2.14. The molecular formula is C15H13ClO2. The number of rotatable bonds is 0. The minimum atomic E-state index is -0.144. The van der Waals surface area contributed by atoms with Gasteiger partial charge in [-0.05, 0) is 72.9 Å². The smallest absolute Gasteiger partial charge is 0.200 e. The Morgan fingerprint density at radius 2 is 1.11 bits per heavy atom. The molecule has 0 bridgehead atoms. The Kier molecular flexibility index (Phi) is 3.22. The number of hydrogen-bond donors (Lipinski definition) is 0. The molecule has 0 amide bonds. The second-order valence-corrected chi connectivity index (χ2v) is 4.95. The maximum Gasteiger partial charge on any atom is 0.200 e. The molecule has 0 fully saturated rings. The zero-order valence-electron chi connectivity index (χ0n) is 10.5. The Morgan fingerprint density at radius 1 is 0.722 bits per heavy atom. The topological polar surface area (TPSA) is 34.1 Å². The Morgan fingerprint density at radius 3 is 1.56 bits per heavy atom. The van der Waals surface area contributed by atoms with Gasteiger partial charge in [-0.2, -0.15) is 0 Å². The summed E-state index contributed by atoms with van der Waals surface area (Å²) in [6, 6.07) is 0.